The molecule has 2 atom stereocenters. The summed E-state index contributed by atoms with van der Waals surface area (Å²) in [7, 11) is 0. The lowest BCUT2D eigenvalue weighted by atomic mass is 9.99. The van der Waals surface area contributed by atoms with Gasteiger partial charge < -0.3 is 10.2 Å². The fourth-order valence-electron chi connectivity index (χ4n) is 3.03. The van der Waals surface area contributed by atoms with Crippen LogP contribution in [0.25, 0.3) is 0 Å². The van der Waals surface area contributed by atoms with E-state index in [2.05, 4.69) is 10.2 Å². The minimum atomic E-state index is 0.249. The van der Waals surface area contributed by atoms with Crippen molar-refractivity contribution in [2.75, 3.05) is 11.9 Å². The molecule has 0 saturated carbocycles. The molecule has 4 heteroatoms. The van der Waals surface area contributed by atoms with Crippen LogP contribution < -0.4 is 5.32 Å². The first-order chi connectivity index (χ1) is 8.74. The van der Waals surface area contributed by atoms with Crippen LogP contribution in [0.15, 0.2) is 24.3 Å². The Labute approximate surface area is 112 Å². The van der Waals surface area contributed by atoms with Crippen LogP contribution in [0.3, 0.4) is 0 Å². The molecule has 2 fully saturated rings. The molecule has 2 unspecified atom stereocenters. The van der Waals surface area contributed by atoms with Gasteiger partial charge in [-0.05, 0) is 43.5 Å². The van der Waals surface area contributed by atoms with E-state index in [-0.39, 0.29) is 6.04 Å². The smallest absolute Gasteiger partial charge is 0.225 e. The minimum Gasteiger partial charge on any atom is -0.380 e. The first-order valence-electron chi connectivity index (χ1n) is 6.55. The third-order valence-electron chi connectivity index (χ3n) is 3.92. The van der Waals surface area contributed by atoms with Gasteiger partial charge in [-0.3, -0.25) is 4.79 Å². The predicted octanol–water partition coefficient (Wildman–Crippen LogP) is 2.91. The van der Waals surface area contributed by atoms with Crippen molar-refractivity contribution in [3.63, 3.8) is 0 Å². The highest BCUT2D eigenvalue weighted by Crippen LogP contribution is 2.30. The molecule has 96 valence electrons. The summed E-state index contributed by atoms with van der Waals surface area (Å²) in [6.45, 7) is 0.933. The molecule has 0 radical (unpaired) electrons. The van der Waals surface area contributed by atoms with Crippen LogP contribution in [0.2, 0.25) is 5.02 Å². The van der Waals surface area contributed by atoms with Gasteiger partial charge in [0.15, 0.2) is 0 Å². The number of carbonyl (C=O) groups is 1. The van der Waals surface area contributed by atoms with E-state index in [1.165, 1.54) is 6.42 Å². The highest BCUT2D eigenvalue weighted by molar-refractivity contribution is 6.30. The summed E-state index contributed by atoms with van der Waals surface area (Å²) in [5, 5.41) is 4.21. The van der Waals surface area contributed by atoms with Crippen LogP contribution in [0.4, 0.5) is 5.69 Å². The van der Waals surface area contributed by atoms with Gasteiger partial charge in [-0.2, -0.15) is 0 Å². The van der Waals surface area contributed by atoms with Gasteiger partial charge in [-0.15, -0.1) is 0 Å². The molecule has 2 aliphatic heterocycles. The molecular formula is C14H17ClN2O. The number of rotatable bonds is 2. The van der Waals surface area contributed by atoms with Crippen molar-refractivity contribution < 1.29 is 4.79 Å². The molecule has 18 heavy (non-hydrogen) atoms. The molecule has 0 aliphatic carbocycles. The Bertz CT molecular complexity index is 446. The summed E-state index contributed by atoms with van der Waals surface area (Å²) in [5.41, 5.74) is 1.05. The number of benzene rings is 1. The van der Waals surface area contributed by atoms with Crippen LogP contribution in [-0.2, 0) is 4.79 Å². The maximum Gasteiger partial charge on any atom is 0.225 e. The van der Waals surface area contributed by atoms with Gasteiger partial charge in [0.25, 0.3) is 0 Å². The highest BCUT2D eigenvalue weighted by atomic mass is 35.5. The zero-order valence-corrected chi connectivity index (χ0v) is 11.0. The Balaban J connectivity index is 1.73. The van der Waals surface area contributed by atoms with Crippen molar-refractivity contribution in [1.82, 2.24) is 4.90 Å². The fraction of sp³-hybridized carbons (Fsp3) is 0.500. The quantitative estimate of drug-likeness (QED) is 0.891. The number of piperidine rings is 1. The number of halogens is 1. The molecule has 0 bridgehead atoms. The maximum atomic E-state index is 11.9. The molecule has 0 spiro atoms. The molecular weight excluding hydrogens is 248 g/mol. The molecule has 3 rings (SSSR count). The van der Waals surface area contributed by atoms with Crippen molar-refractivity contribution in [1.29, 1.82) is 0 Å². The molecule has 3 nitrogen and oxygen atoms in total. The van der Waals surface area contributed by atoms with Gasteiger partial charge in [-0.25, -0.2) is 0 Å². The Morgan fingerprint density at radius 1 is 1.22 bits per heavy atom. The van der Waals surface area contributed by atoms with E-state index in [9.17, 15) is 4.79 Å². The lowest BCUT2D eigenvalue weighted by Crippen LogP contribution is -2.42. The van der Waals surface area contributed by atoms with Crippen LogP contribution in [0.1, 0.15) is 25.7 Å². The SMILES string of the molecule is O=C1CC(Nc2ccc(Cl)cc2)C2CCCCN12. The van der Waals surface area contributed by atoms with Crippen molar-refractivity contribution >= 4 is 23.2 Å². The first-order valence-corrected chi connectivity index (χ1v) is 6.93. The van der Waals surface area contributed by atoms with E-state index in [1.807, 2.05) is 24.3 Å². The van der Waals surface area contributed by atoms with Crippen molar-refractivity contribution in [3.8, 4) is 0 Å². The monoisotopic (exact) mass is 264 g/mol. The van der Waals surface area contributed by atoms with Crippen molar-refractivity contribution in [3.05, 3.63) is 29.3 Å². The number of carbonyl (C=O) groups excluding carboxylic acids is 1. The largest absolute Gasteiger partial charge is 0.380 e. The van der Waals surface area contributed by atoms with Gasteiger partial charge in [0.1, 0.15) is 0 Å². The van der Waals surface area contributed by atoms with Crippen molar-refractivity contribution in [2.24, 2.45) is 0 Å². The summed E-state index contributed by atoms with van der Waals surface area (Å²) in [6, 6.07) is 8.32. The summed E-state index contributed by atoms with van der Waals surface area (Å²) in [6.07, 6.45) is 4.12. The fourth-order valence-corrected chi connectivity index (χ4v) is 3.16. The van der Waals surface area contributed by atoms with Crippen LogP contribution in [-0.4, -0.2) is 29.4 Å². The highest BCUT2D eigenvalue weighted by Gasteiger charge is 2.40. The lowest BCUT2D eigenvalue weighted by Gasteiger charge is -2.32. The third-order valence-corrected chi connectivity index (χ3v) is 4.18. The zero-order valence-electron chi connectivity index (χ0n) is 10.2. The molecule has 2 aliphatic rings. The van der Waals surface area contributed by atoms with Gasteiger partial charge in [0.05, 0.1) is 12.1 Å². The molecule has 0 aromatic heterocycles. The number of hydrogen-bond donors (Lipinski definition) is 1. The van der Waals surface area contributed by atoms with Gasteiger partial charge in [-0.1, -0.05) is 11.6 Å². The molecule has 2 saturated heterocycles. The Kier molecular flexibility index (Phi) is 3.16. The summed E-state index contributed by atoms with van der Waals surface area (Å²) in [4.78, 5) is 14.0. The van der Waals surface area contributed by atoms with Gasteiger partial charge in [0.2, 0.25) is 5.91 Å². The molecule has 2 heterocycles. The Hall–Kier alpha value is -1.22. The van der Waals surface area contributed by atoms with Gasteiger partial charge >= 0.3 is 0 Å². The second-order valence-corrected chi connectivity index (χ2v) is 5.55. The normalized spacial score (nSPS) is 27.2. The summed E-state index contributed by atoms with van der Waals surface area (Å²) in [5.74, 6) is 0.297. The standard InChI is InChI=1S/C14H17ClN2O/c15-10-4-6-11(7-5-10)16-12-9-14(18)17-8-2-1-3-13(12)17/h4-7,12-13,16H,1-3,8-9H2. The van der Waals surface area contributed by atoms with Gasteiger partial charge in [0, 0.05) is 23.7 Å². The number of anilines is 1. The van der Waals surface area contributed by atoms with E-state index in [0.717, 1.165) is 30.1 Å². The average Bonchev–Trinajstić information content (AvgIpc) is 2.70. The van der Waals surface area contributed by atoms with E-state index in [4.69, 9.17) is 11.6 Å². The van der Waals surface area contributed by atoms with E-state index in [0.29, 0.717) is 18.4 Å². The maximum absolute atomic E-state index is 11.9. The minimum absolute atomic E-state index is 0.249. The lowest BCUT2D eigenvalue weighted by molar-refractivity contribution is -0.129. The number of fused-ring (bicyclic) bond motifs is 1. The molecule has 1 N–H and O–H groups in total. The molecule has 1 aromatic rings. The number of hydrogen-bond acceptors (Lipinski definition) is 2. The van der Waals surface area contributed by atoms with Crippen molar-refractivity contribution in [2.45, 2.75) is 37.8 Å². The van der Waals surface area contributed by atoms with E-state index in [1.54, 1.807) is 0 Å². The number of amides is 1. The van der Waals surface area contributed by atoms with E-state index < -0.39 is 0 Å². The number of nitrogens with zero attached hydrogens (tertiary/aromatic N) is 1. The first kappa shape index (κ1) is 11.8. The second-order valence-electron chi connectivity index (χ2n) is 5.11. The Morgan fingerprint density at radius 2 is 2.00 bits per heavy atom. The third kappa shape index (κ3) is 2.19. The zero-order chi connectivity index (χ0) is 12.5. The van der Waals surface area contributed by atoms with E-state index >= 15 is 0 Å². The molecule has 1 aromatic carbocycles. The summed E-state index contributed by atoms with van der Waals surface area (Å²) >= 11 is 5.87. The van der Waals surface area contributed by atoms with Crippen LogP contribution in [0, 0.1) is 0 Å². The predicted molar refractivity (Wildman–Crippen MR) is 72.8 cm³/mol. The molecule has 1 amide bonds. The summed E-state index contributed by atoms with van der Waals surface area (Å²) < 4.78 is 0. The average molecular weight is 265 g/mol. The topological polar surface area (TPSA) is 32.3 Å². The van der Waals surface area contributed by atoms with Crippen LogP contribution in [0.5, 0.6) is 0 Å². The Morgan fingerprint density at radius 3 is 2.78 bits per heavy atom. The van der Waals surface area contributed by atoms with Crippen LogP contribution >= 0.6 is 11.6 Å². The second kappa shape index (κ2) is 4.81. The number of nitrogens with one attached hydrogen (secondary N) is 1.